The zero-order valence-electron chi connectivity index (χ0n) is 8.51. The van der Waals surface area contributed by atoms with Gasteiger partial charge in [0.25, 0.3) is 0 Å². The number of hydrogen-bond donors (Lipinski definition) is 0. The van der Waals surface area contributed by atoms with Gasteiger partial charge in [-0.3, -0.25) is 0 Å². The second-order valence-electron chi connectivity index (χ2n) is 3.50. The van der Waals surface area contributed by atoms with Crippen molar-refractivity contribution < 1.29 is 9.53 Å². The highest BCUT2D eigenvalue weighted by atomic mass is 16.5. The summed E-state index contributed by atoms with van der Waals surface area (Å²) in [5, 5.41) is 8.86. The van der Waals surface area contributed by atoms with Crippen LogP contribution in [-0.2, 0) is 9.53 Å². The maximum atomic E-state index is 11.3. The van der Waals surface area contributed by atoms with Gasteiger partial charge in [-0.15, -0.1) is 0 Å². The number of allylic oxidation sites excluding steroid dienone is 1. The second kappa shape index (κ2) is 5.43. The van der Waals surface area contributed by atoms with E-state index in [0.717, 1.165) is 31.3 Å². The van der Waals surface area contributed by atoms with Gasteiger partial charge in [0.2, 0.25) is 0 Å². The third kappa shape index (κ3) is 2.59. The molecule has 0 spiro atoms. The van der Waals surface area contributed by atoms with E-state index in [0.29, 0.717) is 0 Å². The first kappa shape index (κ1) is 10.8. The van der Waals surface area contributed by atoms with Crippen molar-refractivity contribution in [3.63, 3.8) is 0 Å². The predicted molar refractivity (Wildman–Crippen MR) is 52.4 cm³/mol. The molecule has 1 aliphatic carbocycles. The standard InChI is InChI=1S/C11H15NO2/c1-14-11(13)10(8-12)9-6-4-2-3-5-7-9/h2-7H2,1H3. The van der Waals surface area contributed by atoms with Crippen LogP contribution in [0, 0.1) is 11.3 Å². The lowest BCUT2D eigenvalue weighted by molar-refractivity contribution is -0.135. The summed E-state index contributed by atoms with van der Waals surface area (Å²) >= 11 is 0. The number of rotatable bonds is 1. The van der Waals surface area contributed by atoms with Crippen LogP contribution in [0.25, 0.3) is 0 Å². The Kier molecular flexibility index (Phi) is 4.18. The fourth-order valence-corrected chi connectivity index (χ4v) is 1.78. The van der Waals surface area contributed by atoms with Crippen molar-refractivity contribution in [2.75, 3.05) is 7.11 Å². The summed E-state index contributed by atoms with van der Waals surface area (Å²) in [5.74, 6) is -0.482. The molecular formula is C11H15NO2. The molecule has 1 rings (SSSR count). The van der Waals surface area contributed by atoms with E-state index in [2.05, 4.69) is 4.74 Å². The van der Waals surface area contributed by atoms with Gasteiger partial charge >= 0.3 is 5.97 Å². The molecule has 0 bridgehead atoms. The smallest absolute Gasteiger partial charge is 0.348 e. The van der Waals surface area contributed by atoms with Crippen LogP contribution >= 0.6 is 0 Å². The summed E-state index contributed by atoms with van der Waals surface area (Å²) in [6.07, 6.45) is 6.30. The molecule has 14 heavy (non-hydrogen) atoms. The van der Waals surface area contributed by atoms with E-state index in [1.54, 1.807) is 0 Å². The third-order valence-corrected chi connectivity index (χ3v) is 2.56. The zero-order valence-corrected chi connectivity index (χ0v) is 8.51. The molecule has 1 saturated carbocycles. The van der Waals surface area contributed by atoms with E-state index >= 15 is 0 Å². The van der Waals surface area contributed by atoms with Crippen LogP contribution < -0.4 is 0 Å². The van der Waals surface area contributed by atoms with Gasteiger partial charge in [-0.2, -0.15) is 5.26 Å². The number of nitriles is 1. The molecule has 0 heterocycles. The molecule has 3 heteroatoms. The van der Waals surface area contributed by atoms with Crippen LogP contribution in [0.3, 0.4) is 0 Å². The molecule has 0 aromatic rings. The quantitative estimate of drug-likeness (QED) is 0.278. The topological polar surface area (TPSA) is 50.1 Å². The number of ether oxygens (including phenoxy) is 1. The van der Waals surface area contributed by atoms with Gasteiger partial charge in [0.1, 0.15) is 11.6 Å². The fourth-order valence-electron chi connectivity index (χ4n) is 1.78. The third-order valence-electron chi connectivity index (χ3n) is 2.56. The molecule has 3 nitrogen and oxygen atoms in total. The molecule has 0 N–H and O–H groups in total. The van der Waals surface area contributed by atoms with Crippen LogP contribution in [0.4, 0.5) is 0 Å². The van der Waals surface area contributed by atoms with Gasteiger partial charge in [-0.05, 0) is 31.3 Å². The minimum Gasteiger partial charge on any atom is -0.465 e. The van der Waals surface area contributed by atoms with Gasteiger partial charge in [0, 0.05) is 0 Å². The van der Waals surface area contributed by atoms with Crippen LogP contribution in [0.2, 0.25) is 0 Å². The molecule has 1 fully saturated rings. The monoisotopic (exact) mass is 193 g/mol. The van der Waals surface area contributed by atoms with Crippen molar-refractivity contribution in [1.29, 1.82) is 5.26 Å². The maximum Gasteiger partial charge on any atom is 0.348 e. The summed E-state index contributed by atoms with van der Waals surface area (Å²) in [5.41, 5.74) is 1.21. The maximum absolute atomic E-state index is 11.3. The normalized spacial score (nSPS) is 16.7. The Hall–Kier alpha value is -1.30. The summed E-state index contributed by atoms with van der Waals surface area (Å²) in [6, 6.07) is 1.96. The molecule has 76 valence electrons. The fraction of sp³-hybridized carbons (Fsp3) is 0.636. The molecule has 0 radical (unpaired) electrons. The molecule has 0 aliphatic heterocycles. The number of carbonyl (C=O) groups excluding carboxylic acids is 1. The Labute approximate surface area is 84.4 Å². The van der Waals surface area contributed by atoms with Crippen LogP contribution in [0.5, 0.6) is 0 Å². The molecule has 0 saturated heterocycles. The highest BCUT2D eigenvalue weighted by molar-refractivity contribution is 5.93. The van der Waals surface area contributed by atoms with Crippen molar-refractivity contribution >= 4 is 5.97 Å². The minimum atomic E-state index is -0.482. The summed E-state index contributed by atoms with van der Waals surface area (Å²) in [7, 11) is 1.32. The van der Waals surface area contributed by atoms with E-state index in [4.69, 9.17) is 5.26 Å². The van der Waals surface area contributed by atoms with E-state index in [-0.39, 0.29) is 5.57 Å². The summed E-state index contributed by atoms with van der Waals surface area (Å²) < 4.78 is 4.58. The number of nitrogens with zero attached hydrogens (tertiary/aromatic N) is 1. The van der Waals surface area contributed by atoms with E-state index in [9.17, 15) is 4.79 Å². The Morgan fingerprint density at radius 2 is 1.86 bits per heavy atom. The summed E-state index contributed by atoms with van der Waals surface area (Å²) in [4.78, 5) is 11.3. The summed E-state index contributed by atoms with van der Waals surface area (Å²) in [6.45, 7) is 0. The van der Waals surface area contributed by atoms with Gasteiger partial charge in [-0.1, -0.05) is 12.8 Å². The second-order valence-corrected chi connectivity index (χ2v) is 3.50. The van der Waals surface area contributed by atoms with Gasteiger partial charge in [-0.25, -0.2) is 4.79 Å². The predicted octanol–water partition coefficient (Wildman–Crippen LogP) is 2.33. The molecule has 0 unspecified atom stereocenters. The van der Waals surface area contributed by atoms with Crippen molar-refractivity contribution in [1.82, 2.24) is 0 Å². The van der Waals surface area contributed by atoms with Crippen LogP contribution in [0.15, 0.2) is 11.1 Å². The van der Waals surface area contributed by atoms with Crippen molar-refractivity contribution in [2.24, 2.45) is 0 Å². The number of hydrogen-bond acceptors (Lipinski definition) is 3. The molecule has 0 aromatic carbocycles. The lowest BCUT2D eigenvalue weighted by atomic mass is 10.0. The van der Waals surface area contributed by atoms with E-state index in [1.807, 2.05) is 6.07 Å². The average Bonchev–Trinajstić information content (AvgIpc) is 2.47. The highest BCUT2D eigenvalue weighted by Gasteiger charge is 2.16. The number of carbonyl (C=O) groups is 1. The average molecular weight is 193 g/mol. The first-order valence-electron chi connectivity index (χ1n) is 5.00. The Morgan fingerprint density at radius 3 is 2.29 bits per heavy atom. The highest BCUT2D eigenvalue weighted by Crippen LogP contribution is 2.25. The number of methoxy groups -OCH3 is 1. The van der Waals surface area contributed by atoms with Gasteiger partial charge < -0.3 is 4.74 Å². The molecule has 0 aromatic heterocycles. The Balaban J connectivity index is 2.86. The van der Waals surface area contributed by atoms with Crippen molar-refractivity contribution in [3.8, 4) is 6.07 Å². The molecule has 0 amide bonds. The van der Waals surface area contributed by atoms with E-state index in [1.165, 1.54) is 20.0 Å². The first-order chi connectivity index (χ1) is 6.79. The zero-order chi connectivity index (χ0) is 10.4. The lowest BCUT2D eigenvalue weighted by Gasteiger charge is -2.04. The van der Waals surface area contributed by atoms with Crippen molar-refractivity contribution in [3.05, 3.63) is 11.1 Å². The van der Waals surface area contributed by atoms with E-state index < -0.39 is 5.97 Å². The van der Waals surface area contributed by atoms with Gasteiger partial charge in [0.05, 0.1) is 7.11 Å². The minimum absolute atomic E-state index is 0.231. The van der Waals surface area contributed by atoms with Crippen LogP contribution in [0.1, 0.15) is 38.5 Å². The number of esters is 1. The molecule has 0 atom stereocenters. The Morgan fingerprint density at radius 1 is 1.29 bits per heavy atom. The van der Waals surface area contributed by atoms with Crippen LogP contribution in [-0.4, -0.2) is 13.1 Å². The Bertz CT molecular complexity index is 276. The van der Waals surface area contributed by atoms with Gasteiger partial charge in [0.15, 0.2) is 0 Å². The van der Waals surface area contributed by atoms with Crippen molar-refractivity contribution in [2.45, 2.75) is 38.5 Å². The molecule has 1 aliphatic rings. The first-order valence-corrected chi connectivity index (χ1v) is 5.00. The molecular weight excluding hydrogens is 178 g/mol. The largest absolute Gasteiger partial charge is 0.465 e. The SMILES string of the molecule is COC(=O)C(C#N)=C1CCCCCC1. The lowest BCUT2D eigenvalue weighted by Crippen LogP contribution is -2.06.